The van der Waals surface area contributed by atoms with Crippen molar-refractivity contribution >= 4 is 16.9 Å². The van der Waals surface area contributed by atoms with Gasteiger partial charge >= 0.3 is 0 Å². The average molecular weight is 208 g/mol. The molecule has 0 saturated carbocycles. The zero-order valence-corrected chi connectivity index (χ0v) is 9.51. The highest BCUT2D eigenvalue weighted by atomic mass is 32.2. The lowest BCUT2D eigenvalue weighted by Gasteiger charge is -2.06. The van der Waals surface area contributed by atoms with Gasteiger partial charge in [-0.25, -0.2) is 0 Å². The molecule has 0 aromatic heterocycles. The lowest BCUT2D eigenvalue weighted by molar-refractivity contribution is -0.111. The molecular formula is C12H16OS. The van der Waals surface area contributed by atoms with E-state index in [-0.39, 0.29) is 5.12 Å². The van der Waals surface area contributed by atoms with Crippen molar-refractivity contribution in [1.82, 2.24) is 0 Å². The van der Waals surface area contributed by atoms with Gasteiger partial charge < -0.3 is 0 Å². The molecule has 1 aromatic rings. The molecule has 2 heteroatoms. The van der Waals surface area contributed by atoms with Crippen LogP contribution in [0.5, 0.6) is 0 Å². The van der Waals surface area contributed by atoms with Crippen LogP contribution in [0.1, 0.15) is 26.7 Å². The fraction of sp³-hybridized carbons (Fsp3) is 0.417. The van der Waals surface area contributed by atoms with E-state index in [4.69, 9.17) is 0 Å². The molecule has 0 aliphatic carbocycles. The highest BCUT2D eigenvalue weighted by molar-refractivity contribution is 8.13. The van der Waals surface area contributed by atoms with E-state index in [1.54, 1.807) is 0 Å². The molecule has 0 spiro atoms. The summed E-state index contributed by atoms with van der Waals surface area (Å²) in [6, 6.07) is 9.82. The number of thioether (sulfide) groups is 1. The highest BCUT2D eigenvalue weighted by Crippen LogP contribution is 2.22. The van der Waals surface area contributed by atoms with Gasteiger partial charge in [0.05, 0.1) is 0 Å². The minimum absolute atomic E-state index is 0.269. The molecule has 0 amide bonds. The second-order valence-electron chi connectivity index (χ2n) is 3.50. The van der Waals surface area contributed by atoms with Crippen molar-refractivity contribution in [2.45, 2.75) is 31.6 Å². The van der Waals surface area contributed by atoms with Crippen molar-refractivity contribution in [2.75, 3.05) is 0 Å². The summed E-state index contributed by atoms with van der Waals surface area (Å²) in [7, 11) is 0. The molecule has 0 aliphatic rings. The summed E-state index contributed by atoms with van der Waals surface area (Å²) in [5.41, 5.74) is 0. The maximum absolute atomic E-state index is 11.5. The molecule has 76 valence electrons. The van der Waals surface area contributed by atoms with Gasteiger partial charge in [-0.05, 0) is 18.1 Å². The molecule has 1 rings (SSSR count). The van der Waals surface area contributed by atoms with Gasteiger partial charge in [0.2, 0.25) is 0 Å². The molecule has 0 aliphatic heterocycles. The van der Waals surface area contributed by atoms with Crippen LogP contribution in [0.2, 0.25) is 0 Å². The van der Waals surface area contributed by atoms with Crippen LogP contribution in [-0.4, -0.2) is 5.12 Å². The monoisotopic (exact) mass is 208 g/mol. The van der Waals surface area contributed by atoms with Gasteiger partial charge in [-0.1, -0.05) is 50.2 Å². The molecule has 1 atom stereocenters. The van der Waals surface area contributed by atoms with Crippen molar-refractivity contribution in [3.63, 3.8) is 0 Å². The standard InChI is InChI=1S/C12H16OS/c1-3-10(2)9-12(13)14-11-7-5-4-6-8-11/h4-8,10H,3,9H2,1-2H3/t10-/m0/s1. The first-order valence-electron chi connectivity index (χ1n) is 4.98. The van der Waals surface area contributed by atoms with E-state index in [1.165, 1.54) is 11.8 Å². The Bertz CT molecular complexity index is 282. The summed E-state index contributed by atoms with van der Waals surface area (Å²) in [5, 5.41) is 0.269. The Morgan fingerprint density at radius 2 is 2.00 bits per heavy atom. The van der Waals surface area contributed by atoms with Crippen molar-refractivity contribution in [1.29, 1.82) is 0 Å². The minimum atomic E-state index is 0.269. The third-order valence-electron chi connectivity index (χ3n) is 2.19. The average Bonchev–Trinajstić information content (AvgIpc) is 2.19. The van der Waals surface area contributed by atoms with Gasteiger partial charge in [0.25, 0.3) is 0 Å². The van der Waals surface area contributed by atoms with Crippen LogP contribution in [0.4, 0.5) is 0 Å². The molecular weight excluding hydrogens is 192 g/mol. The van der Waals surface area contributed by atoms with E-state index in [1.807, 2.05) is 30.3 Å². The Morgan fingerprint density at radius 3 is 2.57 bits per heavy atom. The van der Waals surface area contributed by atoms with Gasteiger partial charge in [-0.3, -0.25) is 4.79 Å². The minimum Gasteiger partial charge on any atom is -0.287 e. The summed E-state index contributed by atoms with van der Waals surface area (Å²) in [6.07, 6.45) is 1.75. The number of hydrogen-bond acceptors (Lipinski definition) is 2. The topological polar surface area (TPSA) is 17.1 Å². The molecule has 0 fully saturated rings. The van der Waals surface area contributed by atoms with Gasteiger partial charge in [-0.2, -0.15) is 0 Å². The summed E-state index contributed by atoms with van der Waals surface area (Å²) >= 11 is 1.35. The van der Waals surface area contributed by atoms with Crippen LogP contribution in [0.3, 0.4) is 0 Å². The maximum atomic E-state index is 11.5. The zero-order chi connectivity index (χ0) is 10.4. The van der Waals surface area contributed by atoms with Crippen molar-refractivity contribution in [3.8, 4) is 0 Å². The summed E-state index contributed by atoms with van der Waals surface area (Å²) < 4.78 is 0. The zero-order valence-electron chi connectivity index (χ0n) is 8.69. The molecule has 0 bridgehead atoms. The normalized spacial score (nSPS) is 12.4. The summed E-state index contributed by atoms with van der Waals surface area (Å²) in [6.45, 7) is 4.23. The fourth-order valence-electron chi connectivity index (χ4n) is 1.09. The van der Waals surface area contributed by atoms with Crippen molar-refractivity contribution in [3.05, 3.63) is 30.3 Å². The lowest BCUT2D eigenvalue weighted by atomic mass is 10.1. The number of rotatable bonds is 4. The van der Waals surface area contributed by atoms with Crippen molar-refractivity contribution < 1.29 is 4.79 Å². The third kappa shape index (κ3) is 3.97. The van der Waals surface area contributed by atoms with Crippen LogP contribution in [0, 0.1) is 5.92 Å². The lowest BCUT2D eigenvalue weighted by Crippen LogP contribution is -2.00. The van der Waals surface area contributed by atoms with E-state index in [2.05, 4.69) is 13.8 Å². The molecule has 0 heterocycles. The Morgan fingerprint density at radius 1 is 1.36 bits per heavy atom. The Balaban J connectivity index is 2.42. The summed E-state index contributed by atoms with van der Waals surface area (Å²) in [5.74, 6) is 0.499. The van der Waals surface area contributed by atoms with Crippen LogP contribution < -0.4 is 0 Å². The van der Waals surface area contributed by atoms with Crippen molar-refractivity contribution in [2.24, 2.45) is 5.92 Å². The number of carbonyl (C=O) groups excluding carboxylic acids is 1. The molecule has 1 nitrogen and oxygen atoms in total. The Labute approximate surface area is 89.9 Å². The Hall–Kier alpha value is -0.760. The van der Waals surface area contributed by atoms with Crippen LogP contribution in [0.15, 0.2) is 35.2 Å². The molecule has 0 N–H and O–H groups in total. The second kappa shape index (κ2) is 5.86. The molecule has 0 saturated heterocycles. The van der Waals surface area contributed by atoms with E-state index in [0.717, 1.165) is 11.3 Å². The second-order valence-corrected chi connectivity index (χ2v) is 4.64. The first-order chi connectivity index (χ1) is 6.72. The number of carbonyl (C=O) groups is 1. The predicted octanol–water partition coefficient (Wildman–Crippen LogP) is 3.74. The molecule has 14 heavy (non-hydrogen) atoms. The fourth-order valence-corrected chi connectivity index (χ4v) is 2.01. The smallest absolute Gasteiger partial charge is 0.193 e. The SMILES string of the molecule is CC[C@H](C)CC(=O)Sc1ccccc1. The Kier molecular flexibility index (Phi) is 4.74. The number of hydrogen-bond donors (Lipinski definition) is 0. The molecule has 1 aromatic carbocycles. The van der Waals surface area contributed by atoms with Crippen LogP contribution in [-0.2, 0) is 4.79 Å². The third-order valence-corrected chi connectivity index (χ3v) is 3.09. The van der Waals surface area contributed by atoms with Crippen LogP contribution >= 0.6 is 11.8 Å². The molecule has 0 radical (unpaired) electrons. The van der Waals surface area contributed by atoms with Gasteiger partial charge in [-0.15, -0.1) is 0 Å². The van der Waals surface area contributed by atoms with E-state index >= 15 is 0 Å². The summed E-state index contributed by atoms with van der Waals surface area (Å²) in [4.78, 5) is 12.6. The maximum Gasteiger partial charge on any atom is 0.193 e. The van der Waals surface area contributed by atoms with Gasteiger partial charge in [0, 0.05) is 11.3 Å². The van der Waals surface area contributed by atoms with Crippen LogP contribution in [0.25, 0.3) is 0 Å². The number of benzene rings is 1. The largest absolute Gasteiger partial charge is 0.287 e. The predicted molar refractivity (Wildman–Crippen MR) is 61.4 cm³/mol. The quantitative estimate of drug-likeness (QED) is 0.701. The highest BCUT2D eigenvalue weighted by Gasteiger charge is 2.08. The van der Waals surface area contributed by atoms with Gasteiger partial charge in [0.1, 0.15) is 0 Å². The van der Waals surface area contributed by atoms with Gasteiger partial charge in [0.15, 0.2) is 5.12 Å². The van der Waals surface area contributed by atoms with E-state index in [0.29, 0.717) is 12.3 Å². The molecule has 0 unspecified atom stereocenters. The van der Waals surface area contributed by atoms with E-state index < -0.39 is 0 Å². The first-order valence-corrected chi connectivity index (χ1v) is 5.79. The first kappa shape index (κ1) is 11.3. The van der Waals surface area contributed by atoms with E-state index in [9.17, 15) is 4.79 Å².